The third-order valence-corrected chi connectivity index (χ3v) is 7.59. The van der Waals surface area contributed by atoms with Gasteiger partial charge in [0.1, 0.15) is 0 Å². The summed E-state index contributed by atoms with van der Waals surface area (Å²) in [7, 11) is 0. The van der Waals surface area contributed by atoms with Crippen LogP contribution in [0, 0.1) is 24.2 Å². The fourth-order valence-electron chi connectivity index (χ4n) is 5.18. The van der Waals surface area contributed by atoms with Crippen LogP contribution in [0.15, 0.2) is 28.8 Å². The van der Waals surface area contributed by atoms with E-state index in [1.165, 1.54) is 0 Å². The maximum Gasteiger partial charge on any atom is 0.254 e. The molecule has 1 aromatic carbocycles. The minimum atomic E-state index is -0.449. The van der Waals surface area contributed by atoms with Crippen molar-refractivity contribution in [2.75, 3.05) is 37.6 Å². The molecule has 1 saturated heterocycles. The Morgan fingerprint density at radius 1 is 1.16 bits per heavy atom. The van der Waals surface area contributed by atoms with Crippen molar-refractivity contribution in [1.82, 2.24) is 10.2 Å². The second-order valence-electron chi connectivity index (χ2n) is 11.4. The summed E-state index contributed by atoms with van der Waals surface area (Å²) in [6.07, 6.45) is 3.79. The highest BCUT2D eigenvalue weighted by molar-refractivity contribution is 6.31. The van der Waals surface area contributed by atoms with Crippen LogP contribution in [0.3, 0.4) is 0 Å². The largest absolute Gasteiger partial charge is 0.371 e. The van der Waals surface area contributed by atoms with Gasteiger partial charge in [-0.1, -0.05) is 37.9 Å². The third kappa shape index (κ3) is 7.01. The van der Waals surface area contributed by atoms with Gasteiger partial charge in [0.05, 0.1) is 5.92 Å². The molecule has 37 heavy (non-hydrogen) atoms. The van der Waals surface area contributed by atoms with Gasteiger partial charge in [-0.2, -0.15) is 0 Å². The zero-order chi connectivity index (χ0) is 27.5. The molecule has 0 bridgehead atoms. The van der Waals surface area contributed by atoms with Gasteiger partial charge in [-0.25, -0.2) is 4.99 Å². The van der Waals surface area contributed by atoms with Crippen molar-refractivity contribution in [3.63, 3.8) is 0 Å². The smallest absolute Gasteiger partial charge is 0.254 e. The second-order valence-corrected chi connectivity index (χ2v) is 11.8. The highest BCUT2D eigenvalue weighted by atomic mass is 35.5. The van der Waals surface area contributed by atoms with Crippen LogP contribution < -0.4 is 10.2 Å². The maximum atomic E-state index is 13.2. The van der Waals surface area contributed by atoms with Crippen LogP contribution in [0.1, 0.15) is 70.3 Å². The molecule has 3 rings (SSSR count). The molecule has 0 spiro atoms. The molecule has 1 fully saturated rings. The lowest BCUT2D eigenvalue weighted by Crippen LogP contribution is -2.45. The minimum Gasteiger partial charge on any atom is -0.371 e. The second kappa shape index (κ2) is 11.8. The van der Waals surface area contributed by atoms with Gasteiger partial charge < -0.3 is 15.1 Å². The number of allylic oxidation sites excluding steroid dienone is 1. The van der Waals surface area contributed by atoms with Crippen molar-refractivity contribution >= 4 is 40.7 Å². The fraction of sp³-hybridized carbons (Fsp3) is 0.586. The Morgan fingerprint density at radius 2 is 1.81 bits per heavy atom. The van der Waals surface area contributed by atoms with Gasteiger partial charge in [-0.05, 0) is 70.2 Å². The molecule has 1 N–H and O–H groups in total. The van der Waals surface area contributed by atoms with Gasteiger partial charge in [0, 0.05) is 60.1 Å². The molecule has 202 valence electrons. The molecule has 3 amide bonds. The summed E-state index contributed by atoms with van der Waals surface area (Å²) in [6.45, 7) is 17.0. The fourth-order valence-corrected chi connectivity index (χ4v) is 5.39. The first-order valence-electron chi connectivity index (χ1n) is 13.2. The number of benzene rings is 1. The van der Waals surface area contributed by atoms with E-state index in [4.69, 9.17) is 11.6 Å². The number of carbonyl (C=O) groups is 3. The van der Waals surface area contributed by atoms with Gasteiger partial charge >= 0.3 is 0 Å². The topological polar surface area (TPSA) is 82.1 Å². The molecule has 1 unspecified atom stereocenters. The number of anilines is 1. The molecular weight excluding hydrogens is 488 g/mol. The van der Waals surface area contributed by atoms with E-state index < -0.39 is 5.92 Å². The molecule has 0 radical (unpaired) electrons. The van der Waals surface area contributed by atoms with Crippen molar-refractivity contribution < 1.29 is 14.4 Å². The van der Waals surface area contributed by atoms with Crippen LogP contribution >= 0.6 is 11.6 Å². The van der Waals surface area contributed by atoms with E-state index >= 15 is 0 Å². The van der Waals surface area contributed by atoms with Gasteiger partial charge in [-0.15, -0.1) is 0 Å². The van der Waals surface area contributed by atoms with E-state index in [-0.39, 0.29) is 29.7 Å². The lowest BCUT2D eigenvalue weighted by atomic mass is 9.90. The first-order chi connectivity index (χ1) is 17.3. The van der Waals surface area contributed by atoms with Gasteiger partial charge in [0.15, 0.2) is 0 Å². The Balaban J connectivity index is 1.69. The maximum absolute atomic E-state index is 13.2. The van der Waals surface area contributed by atoms with E-state index in [1.807, 2.05) is 51.7 Å². The zero-order valence-electron chi connectivity index (χ0n) is 23.3. The van der Waals surface area contributed by atoms with Crippen LogP contribution in [0.25, 0.3) is 0 Å². The average molecular weight is 529 g/mol. The summed E-state index contributed by atoms with van der Waals surface area (Å²) in [4.78, 5) is 46.5. The normalized spacial score (nSPS) is 18.9. The number of hydrogen-bond acceptors (Lipinski definition) is 4. The predicted molar refractivity (Wildman–Crippen MR) is 151 cm³/mol. The molecular formula is C29H41ClN4O3. The van der Waals surface area contributed by atoms with Crippen molar-refractivity contribution in [1.29, 1.82) is 0 Å². The Bertz CT molecular complexity index is 1110. The monoisotopic (exact) mass is 528 g/mol. The average Bonchev–Trinajstić information content (AvgIpc) is 2.82. The van der Waals surface area contributed by atoms with Crippen LogP contribution in [-0.2, 0) is 9.59 Å². The number of carbonyl (C=O) groups excluding carboxylic acids is 3. The number of nitrogens with one attached hydrogen (secondary N) is 1. The zero-order valence-corrected chi connectivity index (χ0v) is 24.0. The van der Waals surface area contributed by atoms with Gasteiger partial charge in [-0.3, -0.25) is 14.4 Å². The lowest BCUT2D eigenvalue weighted by molar-refractivity contribution is -0.140. The van der Waals surface area contributed by atoms with Gasteiger partial charge in [0.2, 0.25) is 5.91 Å². The molecule has 0 saturated carbocycles. The van der Waals surface area contributed by atoms with E-state index in [2.05, 4.69) is 22.1 Å². The highest BCUT2D eigenvalue weighted by Crippen LogP contribution is 2.31. The van der Waals surface area contributed by atoms with E-state index in [0.717, 1.165) is 55.8 Å². The predicted octanol–water partition coefficient (Wildman–Crippen LogP) is 5.05. The quantitative estimate of drug-likeness (QED) is 0.536. The molecule has 2 heterocycles. The Hall–Kier alpha value is -2.67. The number of dihydropyridines is 1. The summed E-state index contributed by atoms with van der Waals surface area (Å²) >= 11 is 6.49. The summed E-state index contributed by atoms with van der Waals surface area (Å²) in [6, 6.07) is 3.61. The van der Waals surface area contributed by atoms with Crippen LogP contribution in [0.2, 0.25) is 5.02 Å². The van der Waals surface area contributed by atoms with Gasteiger partial charge in [0.25, 0.3) is 11.8 Å². The molecule has 2 aliphatic rings. The van der Waals surface area contributed by atoms with Crippen LogP contribution in [-0.4, -0.2) is 61.1 Å². The van der Waals surface area contributed by atoms with Crippen LogP contribution in [0.5, 0.6) is 0 Å². The Morgan fingerprint density at radius 3 is 2.38 bits per heavy atom. The molecule has 1 aromatic rings. The SMILES string of the molecule is CCN(CC1CCN(C(=O)C(C)(C)C)CC1)c1cc(Cl)cc(C(=O)NCC2C(=O)N=C(C)C=C2C)c1C. The Kier molecular flexibility index (Phi) is 9.22. The summed E-state index contributed by atoms with van der Waals surface area (Å²) in [5, 5.41) is 3.42. The molecule has 1 atom stereocenters. The van der Waals surface area contributed by atoms with Crippen molar-refractivity contribution in [3.8, 4) is 0 Å². The van der Waals surface area contributed by atoms with Crippen molar-refractivity contribution in [2.45, 2.75) is 61.3 Å². The molecule has 7 nitrogen and oxygen atoms in total. The highest BCUT2D eigenvalue weighted by Gasteiger charge is 2.31. The first kappa shape index (κ1) is 28.9. The number of rotatable bonds is 7. The van der Waals surface area contributed by atoms with Crippen LogP contribution in [0.4, 0.5) is 5.69 Å². The van der Waals surface area contributed by atoms with Crippen molar-refractivity contribution in [3.05, 3.63) is 39.9 Å². The minimum absolute atomic E-state index is 0.196. The molecule has 8 heteroatoms. The van der Waals surface area contributed by atoms with E-state index in [9.17, 15) is 14.4 Å². The van der Waals surface area contributed by atoms with E-state index in [1.54, 1.807) is 13.0 Å². The van der Waals surface area contributed by atoms with Crippen molar-refractivity contribution in [2.24, 2.45) is 22.2 Å². The number of likely N-dealkylation sites (tertiary alicyclic amines) is 1. The number of nitrogens with zero attached hydrogens (tertiary/aromatic N) is 3. The first-order valence-corrected chi connectivity index (χ1v) is 13.6. The summed E-state index contributed by atoms with van der Waals surface area (Å²) in [5.41, 5.74) is 3.54. The Labute approximate surface area is 226 Å². The summed E-state index contributed by atoms with van der Waals surface area (Å²) < 4.78 is 0. The number of aliphatic imine (C=N–C) groups is 1. The summed E-state index contributed by atoms with van der Waals surface area (Å²) in [5.74, 6) is -0.264. The number of hydrogen-bond donors (Lipinski definition) is 1. The number of amides is 3. The molecule has 0 aliphatic carbocycles. The lowest BCUT2D eigenvalue weighted by Gasteiger charge is -2.38. The molecule has 0 aromatic heterocycles. The molecule has 2 aliphatic heterocycles. The third-order valence-electron chi connectivity index (χ3n) is 7.37. The number of piperidine rings is 1. The number of halogens is 1. The van der Waals surface area contributed by atoms with E-state index in [0.29, 0.717) is 22.2 Å². The standard InChI is InChI=1S/C29H41ClN4O3/c1-8-33(17-21-9-11-34(12-10-21)28(37)29(5,6)7)25-15-22(30)14-23(20(25)4)26(35)31-16-24-18(2)13-19(3)32-27(24)36/h13-15,21,24H,8-12,16-17H2,1-7H3,(H,31,35).